The van der Waals surface area contributed by atoms with Crippen molar-refractivity contribution in [1.82, 2.24) is 4.98 Å². The van der Waals surface area contributed by atoms with E-state index >= 15 is 0 Å². The molecule has 0 saturated carbocycles. The van der Waals surface area contributed by atoms with Crippen LogP contribution in [0.4, 0.5) is 5.69 Å². The number of ether oxygens (including phenoxy) is 1. The van der Waals surface area contributed by atoms with Gasteiger partial charge >= 0.3 is 0 Å². The van der Waals surface area contributed by atoms with Crippen LogP contribution in [-0.2, 0) is 6.61 Å². The summed E-state index contributed by atoms with van der Waals surface area (Å²) in [4.78, 5) is 17.0. The molecule has 0 aliphatic rings. The van der Waals surface area contributed by atoms with Crippen molar-refractivity contribution in [1.29, 1.82) is 0 Å². The van der Waals surface area contributed by atoms with Gasteiger partial charge in [-0.05, 0) is 35.6 Å². The highest BCUT2D eigenvalue weighted by Gasteiger charge is 2.15. The minimum absolute atomic E-state index is 0.185. The number of aryl methyl sites for hydroxylation is 1. The zero-order valence-electron chi connectivity index (χ0n) is 12.7. The summed E-state index contributed by atoms with van der Waals surface area (Å²) >= 11 is 1.36. The van der Waals surface area contributed by atoms with Gasteiger partial charge in [0, 0.05) is 6.20 Å². The second-order valence-corrected chi connectivity index (χ2v) is 6.01. The lowest BCUT2D eigenvalue weighted by Crippen LogP contribution is -2.12. The summed E-state index contributed by atoms with van der Waals surface area (Å²) in [7, 11) is 0. The van der Waals surface area contributed by atoms with Crippen molar-refractivity contribution in [3.8, 4) is 5.75 Å². The minimum Gasteiger partial charge on any atom is -0.487 e. The molecule has 2 heterocycles. The van der Waals surface area contributed by atoms with Gasteiger partial charge in [-0.3, -0.25) is 9.78 Å². The van der Waals surface area contributed by atoms with Crippen LogP contribution in [0.15, 0.2) is 60.2 Å². The van der Waals surface area contributed by atoms with E-state index in [0.717, 1.165) is 11.1 Å². The standard InChI is InChI=1S/C18H16N2O2S/c1-13-9-15(11-19-10-13)20-18(21)17-16(7-8-23-17)22-12-14-5-3-2-4-6-14/h2-11H,12H2,1H3,(H,20,21). The maximum absolute atomic E-state index is 12.4. The van der Waals surface area contributed by atoms with Gasteiger partial charge in [0.1, 0.15) is 17.2 Å². The topological polar surface area (TPSA) is 51.2 Å². The molecular formula is C18H16N2O2S. The van der Waals surface area contributed by atoms with E-state index in [2.05, 4.69) is 10.3 Å². The van der Waals surface area contributed by atoms with Gasteiger partial charge in [0.05, 0.1) is 11.9 Å². The number of benzene rings is 1. The number of pyridine rings is 1. The first-order valence-electron chi connectivity index (χ1n) is 7.19. The molecule has 0 radical (unpaired) electrons. The molecule has 0 aliphatic heterocycles. The van der Waals surface area contributed by atoms with Gasteiger partial charge in [-0.15, -0.1) is 11.3 Å². The number of nitrogens with zero attached hydrogens (tertiary/aromatic N) is 1. The average molecular weight is 324 g/mol. The monoisotopic (exact) mass is 324 g/mol. The molecule has 2 aromatic heterocycles. The van der Waals surface area contributed by atoms with Crippen molar-refractivity contribution in [2.45, 2.75) is 13.5 Å². The predicted octanol–water partition coefficient (Wildman–Crippen LogP) is 4.28. The van der Waals surface area contributed by atoms with E-state index < -0.39 is 0 Å². The number of carbonyl (C=O) groups is 1. The van der Waals surface area contributed by atoms with Gasteiger partial charge in [-0.25, -0.2) is 0 Å². The molecule has 4 nitrogen and oxygen atoms in total. The van der Waals surface area contributed by atoms with Crippen LogP contribution in [0, 0.1) is 6.92 Å². The number of carbonyl (C=O) groups excluding carboxylic acids is 1. The third-order valence-electron chi connectivity index (χ3n) is 3.21. The molecule has 1 N–H and O–H groups in total. The quantitative estimate of drug-likeness (QED) is 0.762. The third kappa shape index (κ3) is 3.96. The van der Waals surface area contributed by atoms with Crippen molar-refractivity contribution >= 4 is 22.9 Å². The zero-order chi connectivity index (χ0) is 16.1. The molecule has 0 spiro atoms. The Morgan fingerprint density at radius 3 is 2.83 bits per heavy atom. The Balaban J connectivity index is 1.69. The lowest BCUT2D eigenvalue weighted by Gasteiger charge is -2.08. The van der Waals surface area contributed by atoms with Crippen molar-refractivity contribution in [3.05, 3.63) is 76.2 Å². The highest BCUT2D eigenvalue weighted by atomic mass is 32.1. The molecule has 3 aromatic rings. The highest BCUT2D eigenvalue weighted by Crippen LogP contribution is 2.26. The summed E-state index contributed by atoms with van der Waals surface area (Å²) in [5.74, 6) is 0.410. The predicted molar refractivity (Wildman–Crippen MR) is 92.0 cm³/mol. The molecule has 0 bridgehead atoms. The third-order valence-corrected chi connectivity index (χ3v) is 4.10. The molecule has 0 aliphatic carbocycles. The van der Waals surface area contributed by atoms with Crippen LogP contribution in [0.5, 0.6) is 5.75 Å². The Morgan fingerprint density at radius 1 is 1.22 bits per heavy atom. The lowest BCUT2D eigenvalue weighted by molar-refractivity contribution is 0.102. The molecule has 23 heavy (non-hydrogen) atoms. The molecule has 0 unspecified atom stereocenters. The van der Waals surface area contributed by atoms with E-state index in [-0.39, 0.29) is 5.91 Å². The largest absolute Gasteiger partial charge is 0.487 e. The summed E-state index contributed by atoms with van der Waals surface area (Å²) in [6.07, 6.45) is 3.37. The van der Waals surface area contributed by atoms with Gasteiger partial charge in [-0.2, -0.15) is 0 Å². The first-order chi connectivity index (χ1) is 11.2. The smallest absolute Gasteiger partial charge is 0.269 e. The summed E-state index contributed by atoms with van der Waals surface area (Å²) in [6, 6.07) is 13.6. The Kier molecular flexibility index (Phi) is 4.68. The molecule has 1 aromatic carbocycles. The molecule has 1 amide bonds. The van der Waals surface area contributed by atoms with Gasteiger partial charge in [-0.1, -0.05) is 30.3 Å². The van der Waals surface area contributed by atoms with Crippen molar-refractivity contribution in [2.75, 3.05) is 5.32 Å². The van der Waals surface area contributed by atoms with Gasteiger partial charge < -0.3 is 10.1 Å². The van der Waals surface area contributed by atoms with Crippen LogP contribution in [0.25, 0.3) is 0 Å². The Hall–Kier alpha value is -2.66. The number of rotatable bonds is 5. The second kappa shape index (κ2) is 7.07. The van der Waals surface area contributed by atoms with Crippen LogP contribution in [-0.4, -0.2) is 10.9 Å². The van der Waals surface area contributed by atoms with Gasteiger partial charge in [0.15, 0.2) is 0 Å². The van der Waals surface area contributed by atoms with Crippen LogP contribution in [0.3, 0.4) is 0 Å². The number of hydrogen-bond acceptors (Lipinski definition) is 4. The summed E-state index contributed by atoms with van der Waals surface area (Å²) < 4.78 is 5.78. The van der Waals surface area contributed by atoms with Crippen molar-refractivity contribution in [3.63, 3.8) is 0 Å². The van der Waals surface area contributed by atoms with E-state index in [1.165, 1.54) is 11.3 Å². The summed E-state index contributed by atoms with van der Waals surface area (Å²) in [5, 5.41) is 4.70. The highest BCUT2D eigenvalue weighted by molar-refractivity contribution is 7.12. The van der Waals surface area contributed by atoms with E-state index in [1.807, 2.05) is 54.8 Å². The summed E-state index contributed by atoms with van der Waals surface area (Å²) in [6.45, 7) is 2.37. The van der Waals surface area contributed by atoms with Crippen LogP contribution in [0.2, 0.25) is 0 Å². The summed E-state index contributed by atoms with van der Waals surface area (Å²) in [5.41, 5.74) is 2.74. The number of thiophene rings is 1. The number of nitrogens with one attached hydrogen (secondary N) is 1. The fourth-order valence-electron chi connectivity index (χ4n) is 2.12. The molecule has 116 valence electrons. The number of anilines is 1. The fourth-order valence-corrected chi connectivity index (χ4v) is 2.85. The molecule has 0 fully saturated rings. The van der Waals surface area contributed by atoms with Crippen molar-refractivity contribution in [2.24, 2.45) is 0 Å². The van der Waals surface area contributed by atoms with E-state index in [0.29, 0.717) is 22.9 Å². The number of amides is 1. The first kappa shape index (κ1) is 15.2. The van der Waals surface area contributed by atoms with E-state index in [1.54, 1.807) is 12.4 Å². The maximum atomic E-state index is 12.4. The SMILES string of the molecule is Cc1cncc(NC(=O)c2sccc2OCc2ccccc2)c1. The molecule has 5 heteroatoms. The maximum Gasteiger partial charge on any atom is 0.269 e. The van der Waals surface area contributed by atoms with Gasteiger partial charge in [0.2, 0.25) is 0 Å². The normalized spacial score (nSPS) is 10.3. The fraction of sp³-hybridized carbons (Fsp3) is 0.111. The Morgan fingerprint density at radius 2 is 2.04 bits per heavy atom. The number of aromatic nitrogens is 1. The molecule has 3 rings (SSSR count). The second-order valence-electron chi connectivity index (χ2n) is 5.09. The van der Waals surface area contributed by atoms with E-state index in [9.17, 15) is 4.79 Å². The van der Waals surface area contributed by atoms with Crippen LogP contribution < -0.4 is 10.1 Å². The van der Waals surface area contributed by atoms with E-state index in [4.69, 9.17) is 4.74 Å². The molecule has 0 saturated heterocycles. The van der Waals surface area contributed by atoms with Crippen LogP contribution in [0.1, 0.15) is 20.8 Å². The Bertz CT molecular complexity index is 800. The van der Waals surface area contributed by atoms with Crippen molar-refractivity contribution < 1.29 is 9.53 Å². The average Bonchev–Trinajstić information content (AvgIpc) is 3.02. The van der Waals surface area contributed by atoms with Gasteiger partial charge in [0.25, 0.3) is 5.91 Å². The zero-order valence-corrected chi connectivity index (χ0v) is 13.5. The minimum atomic E-state index is -0.185. The van der Waals surface area contributed by atoms with Crippen LogP contribution >= 0.6 is 11.3 Å². The molecule has 0 atom stereocenters. The lowest BCUT2D eigenvalue weighted by atomic mass is 10.2. The molecular weight excluding hydrogens is 308 g/mol. The number of hydrogen-bond donors (Lipinski definition) is 1. The first-order valence-corrected chi connectivity index (χ1v) is 8.07. The Labute approximate surface area is 138 Å².